The van der Waals surface area contributed by atoms with Gasteiger partial charge < -0.3 is 19.8 Å². The second-order valence-corrected chi connectivity index (χ2v) is 9.16. The number of carbonyl (C=O) groups excluding carboxylic acids is 2. The molecule has 3 rings (SSSR count). The van der Waals surface area contributed by atoms with Crippen molar-refractivity contribution in [2.45, 2.75) is 38.0 Å². The largest absolute Gasteiger partial charge is 0.389 e. The summed E-state index contributed by atoms with van der Waals surface area (Å²) < 4.78 is 13.4. The molecule has 1 aromatic carbocycles. The molecular formula is C23H30Cl2FN3O3. The second kappa shape index (κ2) is 12.0. The number of aliphatic hydroxyl groups excluding tert-OH is 1. The van der Waals surface area contributed by atoms with Crippen LogP contribution in [0, 0.1) is 0 Å². The molecule has 2 heterocycles. The molecule has 0 unspecified atom stereocenters. The average Bonchev–Trinajstić information content (AvgIpc) is 2.96. The van der Waals surface area contributed by atoms with Crippen molar-refractivity contribution < 1.29 is 19.1 Å². The molecule has 9 heteroatoms. The number of rotatable bonds is 7. The number of halogens is 3. The molecular weight excluding hydrogens is 456 g/mol. The molecule has 1 N–H and O–H groups in total. The zero-order valence-electron chi connectivity index (χ0n) is 18.1. The van der Waals surface area contributed by atoms with E-state index in [1.165, 1.54) is 6.08 Å². The van der Waals surface area contributed by atoms with Gasteiger partial charge in [-0.1, -0.05) is 29.3 Å². The highest BCUT2D eigenvalue weighted by atomic mass is 35.5. The zero-order valence-corrected chi connectivity index (χ0v) is 19.6. The van der Waals surface area contributed by atoms with E-state index in [1.807, 2.05) is 4.90 Å². The molecule has 2 aliphatic heterocycles. The van der Waals surface area contributed by atoms with E-state index in [-0.39, 0.29) is 11.8 Å². The predicted molar refractivity (Wildman–Crippen MR) is 124 cm³/mol. The van der Waals surface area contributed by atoms with Gasteiger partial charge in [-0.05, 0) is 49.6 Å². The summed E-state index contributed by atoms with van der Waals surface area (Å²) in [5.41, 5.74) is 0.781. The monoisotopic (exact) mass is 485 g/mol. The number of likely N-dealkylation sites (tertiary alicyclic amines) is 1. The van der Waals surface area contributed by atoms with Gasteiger partial charge in [-0.25, -0.2) is 4.39 Å². The first-order valence-corrected chi connectivity index (χ1v) is 11.8. The number of aliphatic hydroxyl groups is 1. The first-order valence-electron chi connectivity index (χ1n) is 11.1. The highest BCUT2D eigenvalue weighted by molar-refractivity contribution is 6.42. The third-order valence-corrected chi connectivity index (χ3v) is 6.74. The van der Waals surface area contributed by atoms with Crippen molar-refractivity contribution in [1.29, 1.82) is 0 Å². The number of hydrogen-bond acceptors (Lipinski definition) is 4. The van der Waals surface area contributed by atoms with E-state index in [0.29, 0.717) is 62.2 Å². The second-order valence-electron chi connectivity index (χ2n) is 8.34. The van der Waals surface area contributed by atoms with E-state index in [2.05, 4.69) is 4.90 Å². The molecule has 32 heavy (non-hydrogen) atoms. The number of benzene rings is 1. The van der Waals surface area contributed by atoms with E-state index in [9.17, 15) is 19.1 Å². The van der Waals surface area contributed by atoms with E-state index in [0.717, 1.165) is 24.9 Å². The number of hydrogen-bond donors (Lipinski definition) is 1. The van der Waals surface area contributed by atoms with Crippen molar-refractivity contribution in [2.75, 3.05) is 45.8 Å². The van der Waals surface area contributed by atoms with Gasteiger partial charge >= 0.3 is 0 Å². The SMILES string of the molecule is O=C(/C=C/c1ccc(Cl)c(Cl)c1)N1CCC(=O)N(CCCCN2CC[C@H](F)[C@@H](O)C2)CC1. The summed E-state index contributed by atoms with van der Waals surface area (Å²) in [5.74, 6) is -0.0806. The average molecular weight is 486 g/mol. The van der Waals surface area contributed by atoms with Gasteiger partial charge in [-0.3, -0.25) is 9.59 Å². The minimum atomic E-state index is -1.12. The molecule has 2 aliphatic rings. The Labute approximate surface area is 198 Å². The summed E-state index contributed by atoms with van der Waals surface area (Å²) >= 11 is 11.9. The van der Waals surface area contributed by atoms with Crippen LogP contribution in [-0.2, 0) is 9.59 Å². The first kappa shape index (κ1) is 25.0. The Kier molecular flexibility index (Phi) is 9.34. The van der Waals surface area contributed by atoms with Gasteiger partial charge in [0.15, 0.2) is 0 Å². The fourth-order valence-electron chi connectivity index (χ4n) is 4.02. The minimum absolute atomic E-state index is 0.0578. The normalized spacial score (nSPS) is 23.1. The van der Waals surface area contributed by atoms with Crippen LogP contribution in [0.5, 0.6) is 0 Å². The van der Waals surface area contributed by atoms with Crippen LogP contribution in [-0.4, -0.2) is 89.7 Å². The molecule has 0 spiro atoms. The van der Waals surface area contributed by atoms with Crippen molar-refractivity contribution >= 4 is 41.1 Å². The van der Waals surface area contributed by atoms with E-state index < -0.39 is 12.3 Å². The molecule has 0 aromatic heterocycles. The van der Waals surface area contributed by atoms with E-state index >= 15 is 0 Å². The lowest BCUT2D eigenvalue weighted by molar-refractivity contribution is -0.130. The van der Waals surface area contributed by atoms with Crippen molar-refractivity contribution in [1.82, 2.24) is 14.7 Å². The van der Waals surface area contributed by atoms with Gasteiger partial charge in [0.2, 0.25) is 11.8 Å². The molecule has 2 amide bonds. The molecule has 2 fully saturated rings. The third kappa shape index (κ3) is 7.17. The van der Waals surface area contributed by atoms with Crippen LogP contribution in [0.4, 0.5) is 4.39 Å². The molecule has 176 valence electrons. The number of piperidine rings is 1. The Balaban J connectivity index is 1.41. The molecule has 0 saturated carbocycles. The van der Waals surface area contributed by atoms with Crippen molar-refractivity contribution in [2.24, 2.45) is 0 Å². The molecule has 0 aliphatic carbocycles. The van der Waals surface area contributed by atoms with Gasteiger partial charge in [0.05, 0.1) is 16.1 Å². The highest BCUT2D eigenvalue weighted by Gasteiger charge is 2.27. The topological polar surface area (TPSA) is 64.1 Å². The summed E-state index contributed by atoms with van der Waals surface area (Å²) in [5, 5.41) is 10.5. The lowest BCUT2D eigenvalue weighted by Crippen LogP contribution is -2.45. The fraction of sp³-hybridized carbons (Fsp3) is 0.565. The maximum atomic E-state index is 13.4. The van der Waals surface area contributed by atoms with Crippen LogP contribution in [0.1, 0.15) is 31.2 Å². The molecule has 2 saturated heterocycles. The van der Waals surface area contributed by atoms with Crippen molar-refractivity contribution in [3.63, 3.8) is 0 Å². The van der Waals surface area contributed by atoms with Crippen LogP contribution in [0.2, 0.25) is 10.0 Å². The third-order valence-electron chi connectivity index (χ3n) is 6.00. The maximum Gasteiger partial charge on any atom is 0.246 e. The molecule has 2 atom stereocenters. The Bertz CT molecular complexity index is 839. The van der Waals surface area contributed by atoms with Gasteiger partial charge in [0.25, 0.3) is 0 Å². The smallest absolute Gasteiger partial charge is 0.246 e. The molecule has 0 radical (unpaired) electrons. The molecule has 6 nitrogen and oxygen atoms in total. The number of β-amino-alcohol motifs (C(OH)–C–C–N with tert-alkyl or cyclic N) is 1. The highest BCUT2D eigenvalue weighted by Crippen LogP contribution is 2.23. The Morgan fingerprint density at radius 3 is 2.66 bits per heavy atom. The lowest BCUT2D eigenvalue weighted by atomic mass is 10.1. The fourth-order valence-corrected chi connectivity index (χ4v) is 4.33. The van der Waals surface area contributed by atoms with Gasteiger partial charge in [0, 0.05) is 51.8 Å². The summed E-state index contributed by atoms with van der Waals surface area (Å²) in [4.78, 5) is 30.6. The zero-order chi connectivity index (χ0) is 23.1. The van der Waals surface area contributed by atoms with Gasteiger partial charge in [0.1, 0.15) is 6.17 Å². The molecule has 1 aromatic rings. The predicted octanol–water partition coefficient (Wildman–Crippen LogP) is 3.25. The maximum absolute atomic E-state index is 13.4. The Morgan fingerprint density at radius 2 is 1.91 bits per heavy atom. The Morgan fingerprint density at radius 1 is 1.12 bits per heavy atom. The standard InChI is InChI=1S/C23H30Cl2FN3O3/c24-18-5-3-17(15-19(18)25)4-6-22(31)29-12-8-23(32)28(13-14-29)10-2-1-9-27-11-7-20(26)21(30)16-27/h3-6,15,20-21,30H,1-2,7-14,16H2/b6-4+/t20-,21-/m0/s1. The van der Waals surface area contributed by atoms with Crippen LogP contribution < -0.4 is 0 Å². The van der Waals surface area contributed by atoms with Gasteiger partial charge in [-0.15, -0.1) is 0 Å². The van der Waals surface area contributed by atoms with Crippen LogP contribution in [0.15, 0.2) is 24.3 Å². The summed E-state index contributed by atoms with van der Waals surface area (Å²) in [7, 11) is 0. The summed E-state index contributed by atoms with van der Waals surface area (Å²) in [6.07, 6.45) is 3.56. The van der Waals surface area contributed by atoms with Crippen molar-refractivity contribution in [3.05, 3.63) is 39.9 Å². The Hall–Kier alpha value is -1.67. The van der Waals surface area contributed by atoms with E-state index in [4.69, 9.17) is 23.2 Å². The quantitative estimate of drug-likeness (QED) is 0.475. The number of nitrogens with zero attached hydrogens (tertiary/aromatic N) is 3. The summed E-state index contributed by atoms with van der Waals surface area (Å²) in [6.45, 7) is 3.86. The summed E-state index contributed by atoms with van der Waals surface area (Å²) in [6, 6.07) is 5.16. The van der Waals surface area contributed by atoms with Crippen LogP contribution >= 0.6 is 23.2 Å². The molecule has 0 bridgehead atoms. The minimum Gasteiger partial charge on any atom is -0.389 e. The number of unbranched alkanes of at least 4 members (excludes halogenated alkanes) is 1. The van der Waals surface area contributed by atoms with Crippen molar-refractivity contribution in [3.8, 4) is 0 Å². The lowest BCUT2D eigenvalue weighted by Gasteiger charge is -2.32. The first-order chi connectivity index (χ1) is 15.3. The van der Waals surface area contributed by atoms with Crippen LogP contribution in [0.25, 0.3) is 6.08 Å². The number of amides is 2. The number of alkyl halides is 1. The van der Waals surface area contributed by atoms with Crippen LogP contribution in [0.3, 0.4) is 0 Å². The van der Waals surface area contributed by atoms with E-state index in [1.54, 1.807) is 29.2 Å². The number of carbonyl (C=O) groups is 2. The van der Waals surface area contributed by atoms with Gasteiger partial charge in [-0.2, -0.15) is 0 Å².